The molecular formula is C14H18O. The van der Waals surface area contributed by atoms with Gasteiger partial charge in [0.1, 0.15) is 5.75 Å². The fraction of sp³-hybridized carbons (Fsp3) is 0.571. The van der Waals surface area contributed by atoms with Gasteiger partial charge in [0, 0.05) is 0 Å². The lowest BCUT2D eigenvalue weighted by molar-refractivity contribution is 0.473. The van der Waals surface area contributed by atoms with Crippen LogP contribution in [0.4, 0.5) is 0 Å². The van der Waals surface area contributed by atoms with Gasteiger partial charge in [-0.15, -0.1) is 0 Å². The highest BCUT2D eigenvalue weighted by Gasteiger charge is 2.36. The Hall–Kier alpha value is -0.980. The second kappa shape index (κ2) is 3.55. The molecule has 0 radical (unpaired) electrons. The Labute approximate surface area is 91.1 Å². The summed E-state index contributed by atoms with van der Waals surface area (Å²) in [5, 5.41) is 9.29. The van der Waals surface area contributed by atoms with Gasteiger partial charge >= 0.3 is 0 Å². The lowest BCUT2D eigenvalue weighted by atomic mass is 9.89. The highest BCUT2D eigenvalue weighted by atomic mass is 16.3. The van der Waals surface area contributed by atoms with Gasteiger partial charge < -0.3 is 5.11 Å². The first-order chi connectivity index (χ1) is 7.33. The van der Waals surface area contributed by atoms with Crippen LogP contribution in [0, 0.1) is 11.8 Å². The van der Waals surface area contributed by atoms with Crippen molar-refractivity contribution in [1.82, 2.24) is 0 Å². The Balaban J connectivity index is 1.77. The molecule has 0 heterocycles. The molecule has 0 aliphatic heterocycles. The van der Waals surface area contributed by atoms with E-state index in [4.69, 9.17) is 0 Å². The van der Waals surface area contributed by atoms with E-state index in [-0.39, 0.29) is 0 Å². The summed E-state index contributed by atoms with van der Waals surface area (Å²) in [6.45, 7) is 0. The van der Waals surface area contributed by atoms with Crippen LogP contribution in [-0.2, 0) is 0 Å². The van der Waals surface area contributed by atoms with E-state index >= 15 is 0 Å². The third kappa shape index (κ3) is 2.17. The fourth-order valence-corrected chi connectivity index (χ4v) is 2.53. The van der Waals surface area contributed by atoms with Crippen molar-refractivity contribution in [2.75, 3.05) is 0 Å². The van der Waals surface area contributed by atoms with E-state index in [1.165, 1.54) is 37.7 Å². The van der Waals surface area contributed by atoms with Crippen LogP contribution in [0.5, 0.6) is 5.75 Å². The van der Waals surface area contributed by atoms with E-state index in [0.717, 1.165) is 17.8 Å². The van der Waals surface area contributed by atoms with Gasteiger partial charge in [0.05, 0.1) is 0 Å². The molecule has 80 valence electrons. The molecule has 1 heteroatoms. The first-order valence-corrected chi connectivity index (χ1v) is 6.12. The van der Waals surface area contributed by atoms with Gasteiger partial charge in [0.25, 0.3) is 0 Å². The second-order valence-electron chi connectivity index (χ2n) is 5.21. The Morgan fingerprint density at radius 2 is 1.73 bits per heavy atom. The molecule has 0 saturated heterocycles. The molecular weight excluding hydrogens is 184 g/mol. The molecule has 0 aromatic heterocycles. The predicted molar refractivity (Wildman–Crippen MR) is 60.9 cm³/mol. The molecule has 1 nitrogen and oxygen atoms in total. The van der Waals surface area contributed by atoms with Gasteiger partial charge in [-0.05, 0) is 54.7 Å². The molecule has 0 spiro atoms. The van der Waals surface area contributed by atoms with Crippen LogP contribution >= 0.6 is 0 Å². The average Bonchev–Trinajstić information content (AvgIpc) is 3.10. The quantitative estimate of drug-likeness (QED) is 0.789. The van der Waals surface area contributed by atoms with Crippen molar-refractivity contribution < 1.29 is 5.11 Å². The SMILES string of the molecule is Oc1ccc(C(CC2CC2)C2CC2)cc1. The molecule has 1 aromatic rings. The first-order valence-electron chi connectivity index (χ1n) is 6.12. The van der Waals surface area contributed by atoms with Crippen LogP contribution in [0.25, 0.3) is 0 Å². The van der Waals surface area contributed by atoms with Gasteiger partial charge in [0.15, 0.2) is 0 Å². The van der Waals surface area contributed by atoms with Crippen LogP contribution in [0.2, 0.25) is 0 Å². The zero-order valence-corrected chi connectivity index (χ0v) is 9.02. The molecule has 3 rings (SSSR count). The number of hydrogen-bond donors (Lipinski definition) is 1. The number of benzene rings is 1. The lowest BCUT2D eigenvalue weighted by Gasteiger charge is -2.16. The van der Waals surface area contributed by atoms with Crippen molar-refractivity contribution in [2.24, 2.45) is 11.8 Å². The molecule has 1 atom stereocenters. The van der Waals surface area contributed by atoms with E-state index < -0.39 is 0 Å². The number of rotatable bonds is 4. The normalized spacial score (nSPS) is 22.7. The van der Waals surface area contributed by atoms with E-state index in [1.807, 2.05) is 12.1 Å². The molecule has 0 bridgehead atoms. The highest BCUT2D eigenvalue weighted by molar-refractivity contribution is 5.29. The van der Waals surface area contributed by atoms with Gasteiger partial charge in [-0.3, -0.25) is 0 Å². The predicted octanol–water partition coefficient (Wildman–Crippen LogP) is 3.69. The van der Waals surface area contributed by atoms with Crippen molar-refractivity contribution in [1.29, 1.82) is 0 Å². The summed E-state index contributed by atoms with van der Waals surface area (Å²) in [5.41, 5.74) is 1.45. The monoisotopic (exact) mass is 202 g/mol. The summed E-state index contributed by atoms with van der Waals surface area (Å²) in [6.07, 6.45) is 7.11. The van der Waals surface area contributed by atoms with Crippen LogP contribution in [0.3, 0.4) is 0 Å². The molecule has 1 aromatic carbocycles. The number of aromatic hydroxyl groups is 1. The third-order valence-electron chi connectivity index (χ3n) is 3.80. The summed E-state index contributed by atoms with van der Waals surface area (Å²) < 4.78 is 0. The van der Waals surface area contributed by atoms with Crippen LogP contribution in [-0.4, -0.2) is 5.11 Å². The average molecular weight is 202 g/mol. The van der Waals surface area contributed by atoms with Crippen molar-refractivity contribution in [3.8, 4) is 5.75 Å². The number of hydrogen-bond acceptors (Lipinski definition) is 1. The van der Waals surface area contributed by atoms with Crippen LogP contribution < -0.4 is 0 Å². The van der Waals surface area contributed by atoms with Gasteiger partial charge in [-0.25, -0.2) is 0 Å². The van der Waals surface area contributed by atoms with E-state index in [1.54, 1.807) is 0 Å². The number of phenols is 1. The molecule has 2 saturated carbocycles. The summed E-state index contributed by atoms with van der Waals surface area (Å²) in [7, 11) is 0. The van der Waals surface area contributed by atoms with Crippen LogP contribution in [0.1, 0.15) is 43.6 Å². The first kappa shape index (κ1) is 9.26. The number of phenolic OH excluding ortho intramolecular Hbond substituents is 1. The van der Waals surface area contributed by atoms with Crippen molar-refractivity contribution in [2.45, 2.75) is 38.0 Å². The molecule has 2 aliphatic rings. The maximum absolute atomic E-state index is 9.29. The third-order valence-corrected chi connectivity index (χ3v) is 3.80. The largest absolute Gasteiger partial charge is 0.508 e. The molecule has 15 heavy (non-hydrogen) atoms. The van der Waals surface area contributed by atoms with Gasteiger partial charge in [-0.1, -0.05) is 25.0 Å². The van der Waals surface area contributed by atoms with Crippen LogP contribution in [0.15, 0.2) is 24.3 Å². The topological polar surface area (TPSA) is 20.2 Å². The van der Waals surface area contributed by atoms with E-state index in [9.17, 15) is 5.11 Å². The Kier molecular flexibility index (Phi) is 2.19. The maximum atomic E-state index is 9.29. The molecule has 1 N–H and O–H groups in total. The summed E-state index contributed by atoms with van der Waals surface area (Å²) >= 11 is 0. The fourth-order valence-electron chi connectivity index (χ4n) is 2.53. The minimum atomic E-state index is 0.389. The minimum Gasteiger partial charge on any atom is -0.508 e. The Morgan fingerprint density at radius 3 is 2.27 bits per heavy atom. The maximum Gasteiger partial charge on any atom is 0.115 e. The second-order valence-corrected chi connectivity index (χ2v) is 5.21. The molecule has 2 fully saturated rings. The lowest BCUT2D eigenvalue weighted by Crippen LogP contribution is -2.02. The highest BCUT2D eigenvalue weighted by Crippen LogP contribution is 2.49. The summed E-state index contributed by atoms with van der Waals surface area (Å²) in [5.74, 6) is 3.11. The van der Waals surface area contributed by atoms with Crippen molar-refractivity contribution >= 4 is 0 Å². The standard InChI is InChI=1S/C14H18O/c15-13-7-5-12(6-8-13)14(11-3-4-11)9-10-1-2-10/h5-8,10-11,14-15H,1-4,9H2. The minimum absolute atomic E-state index is 0.389. The Morgan fingerprint density at radius 1 is 1.07 bits per heavy atom. The smallest absolute Gasteiger partial charge is 0.115 e. The van der Waals surface area contributed by atoms with Gasteiger partial charge in [-0.2, -0.15) is 0 Å². The van der Waals surface area contributed by atoms with Crippen molar-refractivity contribution in [3.05, 3.63) is 29.8 Å². The van der Waals surface area contributed by atoms with E-state index in [2.05, 4.69) is 12.1 Å². The zero-order valence-electron chi connectivity index (χ0n) is 9.02. The zero-order chi connectivity index (χ0) is 10.3. The van der Waals surface area contributed by atoms with Gasteiger partial charge in [0.2, 0.25) is 0 Å². The molecule has 1 unspecified atom stereocenters. The van der Waals surface area contributed by atoms with Crippen molar-refractivity contribution in [3.63, 3.8) is 0 Å². The summed E-state index contributed by atoms with van der Waals surface area (Å²) in [4.78, 5) is 0. The van der Waals surface area contributed by atoms with E-state index in [0.29, 0.717) is 5.75 Å². The molecule has 0 amide bonds. The molecule has 2 aliphatic carbocycles. The Bertz CT molecular complexity index is 333. The summed E-state index contributed by atoms with van der Waals surface area (Å²) in [6, 6.07) is 7.89.